The highest BCUT2D eigenvalue weighted by atomic mass is 16.5. The molecule has 3 heteroatoms. The molecule has 3 rings (SSSR count). The fraction of sp³-hybridized carbons (Fsp3) is 0.217. The first-order valence-electron chi connectivity index (χ1n) is 8.95. The molecule has 0 aliphatic carbocycles. The Morgan fingerprint density at radius 1 is 0.808 bits per heavy atom. The Kier molecular flexibility index (Phi) is 6.15. The minimum Gasteiger partial charge on any atom is -0.497 e. The van der Waals surface area contributed by atoms with Crippen LogP contribution in [0.2, 0.25) is 0 Å². The maximum absolute atomic E-state index is 5.53. The fourth-order valence-electron chi connectivity index (χ4n) is 2.95. The van der Waals surface area contributed by atoms with Gasteiger partial charge in [-0.15, -0.1) is 0 Å². The Hall–Kier alpha value is -2.94. The Bertz CT molecular complexity index is 783. The zero-order valence-electron chi connectivity index (χ0n) is 15.3. The van der Waals surface area contributed by atoms with Crippen LogP contribution in [-0.2, 0) is 6.42 Å². The quantitative estimate of drug-likeness (QED) is 0.584. The van der Waals surface area contributed by atoms with Gasteiger partial charge in [0.25, 0.3) is 0 Å². The lowest BCUT2D eigenvalue weighted by atomic mass is 9.98. The van der Waals surface area contributed by atoms with Crippen molar-refractivity contribution in [3.63, 3.8) is 0 Å². The van der Waals surface area contributed by atoms with Crippen LogP contribution < -0.4 is 14.8 Å². The zero-order valence-corrected chi connectivity index (χ0v) is 15.3. The van der Waals surface area contributed by atoms with Crippen LogP contribution in [0.15, 0.2) is 78.9 Å². The van der Waals surface area contributed by atoms with Crippen LogP contribution in [0.25, 0.3) is 0 Å². The van der Waals surface area contributed by atoms with Crippen molar-refractivity contribution < 1.29 is 9.47 Å². The summed E-state index contributed by atoms with van der Waals surface area (Å²) in [5.41, 5.74) is 3.60. The Labute approximate surface area is 155 Å². The molecule has 0 fully saturated rings. The smallest absolute Gasteiger partial charge is 0.119 e. The fourth-order valence-corrected chi connectivity index (χ4v) is 2.95. The molecule has 0 unspecified atom stereocenters. The van der Waals surface area contributed by atoms with Crippen molar-refractivity contribution in [3.8, 4) is 11.5 Å². The molecule has 134 valence electrons. The first kappa shape index (κ1) is 17.9. The summed E-state index contributed by atoms with van der Waals surface area (Å²) in [6.45, 7) is 2.67. The summed E-state index contributed by atoms with van der Waals surface area (Å²) < 4.78 is 10.8. The highest BCUT2D eigenvalue weighted by Gasteiger charge is 2.13. The summed E-state index contributed by atoms with van der Waals surface area (Å²) in [5, 5.41) is 3.65. The molecule has 0 radical (unpaired) electrons. The van der Waals surface area contributed by atoms with Crippen LogP contribution in [0.1, 0.15) is 24.1 Å². The first-order chi connectivity index (χ1) is 12.8. The first-order valence-corrected chi connectivity index (χ1v) is 8.95. The molecule has 0 saturated carbocycles. The molecule has 1 atom stereocenters. The third-order valence-electron chi connectivity index (χ3n) is 4.31. The summed E-state index contributed by atoms with van der Waals surface area (Å²) in [6.07, 6.45) is 0.903. The van der Waals surface area contributed by atoms with E-state index in [-0.39, 0.29) is 6.04 Å². The standard InChI is InChI=1S/C23H25NO2/c1-3-26-22-15-11-20(12-16-22)24-23(17-18-7-5-4-6-8-18)19-9-13-21(25-2)14-10-19/h4-16,23-24H,3,17H2,1-2H3/t23-/m1/s1. The average Bonchev–Trinajstić information content (AvgIpc) is 2.70. The molecule has 0 heterocycles. The molecular formula is C23H25NO2. The van der Waals surface area contributed by atoms with Gasteiger partial charge in [0.1, 0.15) is 11.5 Å². The minimum absolute atomic E-state index is 0.168. The average molecular weight is 347 g/mol. The van der Waals surface area contributed by atoms with E-state index >= 15 is 0 Å². The topological polar surface area (TPSA) is 30.5 Å². The van der Waals surface area contributed by atoms with Gasteiger partial charge in [-0.1, -0.05) is 42.5 Å². The minimum atomic E-state index is 0.168. The number of methoxy groups -OCH3 is 1. The lowest BCUT2D eigenvalue weighted by molar-refractivity contribution is 0.340. The molecule has 1 N–H and O–H groups in total. The second-order valence-electron chi connectivity index (χ2n) is 6.12. The SMILES string of the molecule is CCOc1ccc(N[C@H](Cc2ccccc2)c2ccc(OC)cc2)cc1. The van der Waals surface area contributed by atoms with Crippen LogP contribution in [0.5, 0.6) is 11.5 Å². The van der Waals surface area contributed by atoms with Crippen molar-refractivity contribution in [1.29, 1.82) is 0 Å². The second kappa shape index (κ2) is 8.95. The van der Waals surface area contributed by atoms with Gasteiger partial charge < -0.3 is 14.8 Å². The Morgan fingerprint density at radius 2 is 1.46 bits per heavy atom. The van der Waals surface area contributed by atoms with Crippen LogP contribution in [0.4, 0.5) is 5.69 Å². The van der Waals surface area contributed by atoms with E-state index in [1.807, 2.05) is 37.3 Å². The number of rotatable bonds is 8. The molecule has 0 amide bonds. The molecule has 0 saturated heterocycles. The van der Waals surface area contributed by atoms with Crippen molar-refractivity contribution >= 4 is 5.69 Å². The Balaban J connectivity index is 1.81. The van der Waals surface area contributed by atoms with Crippen molar-refractivity contribution in [2.45, 2.75) is 19.4 Å². The number of hydrogen-bond donors (Lipinski definition) is 1. The summed E-state index contributed by atoms with van der Waals surface area (Å²) in [7, 11) is 1.69. The van der Waals surface area contributed by atoms with Gasteiger partial charge in [0, 0.05) is 5.69 Å². The molecule has 0 aromatic heterocycles. The van der Waals surface area contributed by atoms with Gasteiger partial charge in [0.05, 0.1) is 19.8 Å². The van der Waals surface area contributed by atoms with E-state index in [2.05, 4.69) is 53.8 Å². The number of anilines is 1. The predicted octanol–water partition coefficient (Wildman–Crippen LogP) is 5.49. The summed E-state index contributed by atoms with van der Waals surface area (Å²) >= 11 is 0. The van der Waals surface area contributed by atoms with Crippen molar-refractivity contribution in [2.24, 2.45) is 0 Å². The lowest BCUT2D eigenvalue weighted by Crippen LogP contribution is -2.13. The monoisotopic (exact) mass is 347 g/mol. The third-order valence-corrected chi connectivity index (χ3v) is 4.31. The molecule has 0 aliphatic rings. The van der Waals surface area contributed by atoms with E-state index in [0.29, 0.717) is 6.61 Å². The summed E-state index contributed by atoms with van der Waals surface area (Å²) in [6, 6.07) is 27.1. The molecule has 3 aromatic rings. The van der Waals surface area contributed by atoms with Gasteiger partial charge in [0.2, 0.25) is 0 Å². The Morgan fingerprint density at radius 3 is 2.08 bits per heavy atom. The van der Waals surface area contributed by atoms with E-state index in [1.54, 1.807) is 7.11 Å². The van der Waals surface area contributed by atoms with E-state index in [4.69, 9.17) is 9.47 Å². The van der Waals surface area contributed by atoms with Crippen molar-refractivity contribution in [1.82, 2.24) is 0 Å². The maximum atomic E-state index is 5.53. The molecule has 0 bridgehead atoms. The normalized spacial score (nSPS) is 11.6. The molecule has 0 aliphatic heterocycles. The molecule has 3 aromatic carbocycles. The van der Waals surface area contributed by atoms with Crippen LogP contribution >= 0.6 is 0 Å². The molecular weight excluding hydrogens is 322 g/mol. The highest BCUT2D eigenvalue weighted by molar-refractivity contribution is 5.49. The van der Waals surface area contributed by atoms with Gasteiger partial charge in [0.15, 0.2) is 0 Å². The maximum Gasteiger partial charge on any atom is 0.119 e. The van der Waals surface area contributed by atoms with Crippen LogP contribution in [0, 0.1) is 0 Å². The lowest BCUT2D eigenvalue weighted by Gasteiger charge is -2.21. The highest BCUT2D eigenvalue weighted by Crippen LogP contribution is 2.26. The van der Waals surface area contributed by atoms with Gasteiger partial charge in [-0.3, -0.25) is 0 Å². The zero-order chi connectivity index (χ0) is 18.2. The number of hydrogen-bond acceptors (Lipinski definition) is 3. The van der Waals surface area contributed by atoms with E-state index < -0.39 is 0 Å². The summed E-state index contributed by atoms with van der Waals surface area (Å²) in [4.78, 5) is 0. The molecule has 3 nitrogen and oxygen atoms in total. The largest absolute Gasteiger partial charge is 0.497 e. The second-order valence-corrected chi connectivity index (χ2v) is 6.12. The third kappa shape index (κ3) is 4.79. The number of nitrogens with one attached hydrogen (secondary N) is 1. The van der Waals surface area contributed by atoms with Gasteiger partial charge in [-0.2, -0.15) is 0 Å². The van der Waals surface area contributed by atoms with E-state index in [1.165, 1.54) is 11.1 Å². The van der Waals surface area contributed by atoms with Crippen LogP contribution in [0.3, 0.4) is 0 Å². The molecule has 0 spiro atoms. The van der Waals surface area contributed by atoms with Gasteiger partial charge in [-0.05, 0) is 60.9 Å². The van der Waals surface area contributed by atoms with Gasteiger partial charge >= 0.3 is 0 Å². The summed E-state index contributed by atoms with van der Waals surface area (Å²) in [5.74, 6) is 1.76. The van der Waals surface area contributed by atoms with Crippen molar-refractivity contribution in [3.05, 3.63) is 90.0 Å². The van der Waals surface area contributed by atoms with Crippen molar-refractivity contribution in [2.75, 3.05) is 19.0 Å². The van der Waals surface area contributed by atoms with Gasteiger partial charge in [-0.25, -0.2) is 0 Å². The number of benzene rings is 3. The molecule has 26 heavy (non-hydrogen) atoms. The van der Waals surface area contributed by atoms with E-state index in [0.717, 1.165) is 23.6 Å². The van der Waals surface area contributed by atoms with Crippen LogP contribution in [-0.4, -0.2) is 13.7 Å². The number of ether oxygens (including phenoxy) is 2. The van der Waals surface area contributed by atoms with E-state index in [9.17, 15) is 0 Å². The predicted molar refractivity (Wildman–Crippen MR) is 107 cm³/mol.